The fourth-order valence-corrected chi connectivity index (χ4v) is 6.03. The monoisotopic (exact) mass is 552 g/mol. The lowest BCUT2D eigenvalue weighted by Gasteiger charge is -2.23. The Morgan fingerprint density at radius 2 is 1.07 bits per heavy atom. The van der Waals surface area contributed by atoms with E-state index < -0.39 is 0 Å². The predicted molar refractivity (Wildman–Crippen MR) is 180 cm³/mol. The molecule has 0 saturated carbocycles. The molecule has 0 aromatic heterocycles. The minimum absolute atomic E-state index is 0.246. The quantitative estimate of drug-likeness (QED) is 0.205. The first-order valence-electron chi connectivity index (χ1n) is 14.7. The SMILES string of the molecule is CN(C)c1ccc(-c2c(-c3ccc(OC(C)(C)C)cc3)cc3c(c2-c2ccc(N(C)C)cc2)Cc2ccccc2-3)cc1. The van der Waals surface area contributed by atoms with Gasteiger partial charge in [-0.1, -0.05) is 60.7 Å². The van der Waals surface area contributed by atoms with Gasteiger partial charge in [-0.2, -0.15) is 0 Å². The van der Waals surface area contributed by atoms with E-state index in [4.69, 9.17) is 4.74 Å². The second-order valence-electron chi connectivity index (χ2n) is 12.7. The highest BCUT2D eigenvalue weighted by Crippen LogP contribution is 2.50. The Morgan fingerprint density at radius 1 is 0.548 bits per heavy atom. The molecule has 6 rings (SSSR count). The Morgan fingerprint density at radius 3 is 1.62 bits per heavy atom. The summed E-state index contributed by atoms with van der Waals surface area (Å²) in [4.78, 5) is 4.31. The molecule has 3 nitrogen and oxygen atoms in total. The maximum Gasteiger partial charge on any atom is 0.120 e. The van der Waals surface area contributed by atoms with Crippen molar-refractivity contribution in [2.75, 3.05) is 38.0 Å². The number of benzene rings is 5. The molecule has 0 heterocycles. The summed E-state index contributed by atoms with van der Waals surface area (Å²) in [6.07, 6.45) is 0.928. The maximum absolute atomic E-state index is 6.18. The highest BCUT2D eigenvalue weighted by Gasteiger charge is 2.27. The molecule has 0 radical (unpaired) electrons. The van der Waals surface area contributed by atoms with Crippen LogP contribution in [-0.4, -0.2) is 33.8 Å². The summed E-state index contributed by atoms with van der Waals surface area (Å²) >= 11 is 0. The lowest BCUT2D eigenvalue weighted by atomic mass is 9.82. The van der Waals surface area contributed by atoms with Crippen LogP contribution >= 0.6 is 0 Å². The molecule has 0 bridgehead atoms. The highest BCUT2D eigenvalue weighted by atomic mass is 16.5. The summed E-state index contributed by atoms with van der Waals surface area (Å²) in [6, 6.07) is 37.9. The number of rotatable bonds is 6. The zero-order valence-corrected chi connectivity index (χ0v) is 25.8. The lowest BCUT2D eigenvalue weighted by molar-refractivity contribution is 0.131. The van der Waals surface area contributed by atoms with E-state index in [9.17, 15) is 0 Å². The third kappa shape index (κ3) is 5.27. The van der Waals surface area contributed by atoms with Crippen LogP contribution in [0.25, 0.3) is 44.5 Å². The molecule has 0 aliphatic heterocycles. The van der Waals surface area contributed by atoms with Crippen molar-refractivity contribution in [3.05, 3.63) is 114 Å². The van der Waals surface area contributed by atoms with Crippen molar-refractivity contribution in [3.63, 3.8) is 0 Å². The van der Waals surface area contributed by atoms with Crippen LogP contribution in [0.4, 0.5) is 11.4 Å². The first kappa shape index (κ1) is 27.7. The Kier molecular flexibility index (Phi) is 7.06. The number of hydrogen-bond acceptors (Lipinski definition) is 3. The summed E-state index contributed by atoms with van der Waals surface area (Å²) in [5.41, 5.74) is 15.1. The molecule has 0 spiro atoms. The van der Waals surface area contributed by atoms with Crippen LogP contribution in [0.5, 0.6) is 5.75 Å². The van der Waals surface area contributed by atoms with Gasteiger partial charge in [-0.3, -0.25) is 0 Å². The topological polar surface area (TPSA) is 15.7 Å². The molecule has 3 heteroatoms. The van der Waals surface area contributed by atoms with Gasteiger partial charge in [-0.25, -0.2) is 0 Å². The normalized spacial score (nSPS) is 12.1. The average Bonchev–Trinajstić information content (AvgIpc) is 3.34. The molecule has 0 saturated heterocycles. The third-order valence-electron chi connectivity index (χ3n) is 8.04. The van der Waals surface area contributed by atoms with Crippen molar-refractivity contribution in [1.29, 1.82) is 0 Å². The van der Waals surface area contributed by atoms with Gasteiger partial charge in [0, 0.05) is 39.6 Å². The molecule has 42 heavy (non-hydrogen) atoms. The minimum Gasteiger partial charge on any atom is -0.488 e. The van der Waals surface area contributed by atoms with E-state index in [1.165, 1.54) is 67.0 Å². The highest BCUT2D eigenvalue weighted by molar-refractivity contribution is 6.02. The van der Waals surface area contributed by atoms with Crippen LogP contribution < -0.4 is 14.5 Å². The zero-order valence-electron chi connectivity index (χ0n) is 25.8. The number of ether oxygens (including phenoxy) is 1. The van der Waals surface area contributed by atoms with Crippen LogP contribution in [0, 0.1) is 0 Å². The van der Waals surface area contributed by atoms with Crippen molar-refractivity contribution in [2.45, 2.75) is 32.8 Å². The first-order chi connectivity index (χ1) is 20.1. The van der Waals surface area contributed by atoms with Gasteiger partial charge in [0.1, 0.15) is 11.4 Å². The van der Waals surface area contributed by atoms with E-state index in [0.29, 0.717) is 0 Å². The maximum atomic E-state index is 6.18. The van der Waals surface area contributed by atoms with E-state index in [0.717, 1.165) is 12.2 Å². The van der Waals surface area contributed by atoms with Gasteiger partial charge >= 0.3 is 0 Å². The lowest BCUT2D eigenvalue weighted by Crippen LogP contribution is -2.22. The third-order valence-corrected chi connectivity index (χ3v) is 8.04. The first-order valence-corrected chi connectivity index (χ1v) is 14.7. The van der Waals surface area contributed by atoms with Crippen LogP contribution in [0.3, 0.4) is 0 Å². The summed E-state index contributed by atoms with van der Waals surface area (Å²) in [7, 11) is 8.36. The van der Waals surface area contributed by atoms with Gasteiger partial charge in [0.15, 0.2) is 0 Å². The Hall–Kier alpha value is -4.50. The Bertz CT molecular complexity index is 1720. The van der Waals surface area contributed by atoms with Gasteiger partial charge in [0.05, 0.1) is 0 Å². The van der Waals surface area contributed by atoms with Crippen LogP contribution in [-0.2, 0) is 6.42 Å². The molecule has 0 fully saturated rings. The fraction of sp³-hybridized carbons (Fsp3) is 0.231. The fourth-order valence-electron chi connectivity index (χ4n) is 6.03. The van der Waals surface area contributed by atoms with E-state index >= 15 is 0 Å². The van der Waals surface area contributed by atoms with Crippen molar-refractivity contribution >= 4 is 11.4 Å². The second kappa shape index (κ2) is 10.7. The molecule has 0 unspecified atom stereocenters. The van der Waals surface area contributed by atoms with Gasteiger partial charge in [-0.15, -0.1) is 0 Å². The number of anilines is 2. The molecule has 5 aromatic carbocycles. The molecule has 1 aliphatic rings. The largest absolute Gasteiger partial charge is 0.488 e. The minimum atomic E-state index is -0.246. The number of nitrogens with zero attached hydrogens (tertiary/aromatic N) is 2. The van der Waals surface area contributed by atoms with E-state index in [1.54, 1.807) is 0 Å². The van der Waals surface area contributed by atoms with Crippen molar-refractivity contribution in [2.24, 2.45) is 0 Å². The molecule has 5 aromatic rings. The zero-order chi connectivity index (χ0) is 29.6. The number of hydrogen-bond donors (Lipinski definition) is 0. The Labute approximate surface area is 251 Å². The van der Waals surface area contributed by atoms with Gasteiger partial charge in [0.25, 0.3) is 0 Å². The molecular formula is C39H40N2O. The molecule has 1 aliphatic carbocycles. The molecule has 0 N–H and O–H groups in total. The molecular weight excluding hydrogens is 512 g/mol. The van der Waals surface area contributed by atoms with Gasteiger partial charge in [0.2, 0.25) is 0 Å². The smallest absolute Gasteiger partial charge is 0.120 e. The Balaban J connectivity index is 1.64. The van der Waals surface area contributed by atoms with E-state index in [1.807, 2.05) is 0 Å². The predicted octanol–water partition coefficient (Wildman–Crippen LogP) is 9.57. The van der Waals surface area contributed by atoms with Crippen LogP contribution in [0.1, 0.15) is 31.9 Å². The average molecular weight is 553 g/mol. The summed E-state index contributed by atoms with van der Waals surface area (Å²) < 4.78 is 6.18. The van der Waals surface area contributed by atoms with Crippen molar-refractivity contribution in [1.82, 2.24) is 0 Å². The second-order valence-corrected chi connectivity index (χ2v) is 12.7. The van der Waals surface area contributed by atoms with Gasteiger partial charge in [-0.05, 0) is 125 Å². The summed E-state index contributed by atoms with van der Waals surface area (Å²) in [6.45, 7) is 6.26. The molecule has 0 atom stereocenters. The van der Waals surface area contributed by atoms with Crippen LogP contribution in [0.2, 0.25) is 0 Å². The summed E-state index contributed by atoms with van der Waals surface area (Å²) in [5.74, 6) is 0.883. The summed E-state index contributed by atoms with van der Waals surface area (Å²) in [5, 5.41) is 0. The van der Waals surface area contributed by atoms with E-state index in [2.05, 4.69) is 162 Å². The van der Waals surface area contributed by atoms with Crippen molar-refractivity contribution in [3.8, 4) is 50.3 Å². The molecule has 0 amide bonds. The number of fused-ring (bicyclic) bond motifs is 3. The van der Waals surface area contributed by atoms with Gasteiger partial charge < -0.3 is 14.5 Å². The van der Waals surface area contributed by atoms with E-state index in [-0.39, 0.29) is 5.60 Å². The van der Waals surface area contributed by atoms with Crippen molar-refractivity contribution < 1.29 is 4.74 Å². The molecule has 212 valence electrons. The van der Waals surface area contributed by atoms with Crippen LogP contribution in [0.15, 0.2) is 103 Å². The standard InChI is InChI=1S/C39H40N2O/c1-39(2,3)42-32-22-16-26(17-23-32)34-25-35-33-11-9-8-10-29(33)24-36(35)38(28-14-20-31(21-15-28)41(6)7)37(34)27-12-18-30(19-13-27)40(4)5/h8-23,25H,24H2,1-7H3.